The summed E-state index contributed by atoms with van der Waals surface area (Å²) in [6.07, 6.45) is 0. The first kappa shape index (κ1) is 19.6. The second kappa shape index (κ2) is 7.68. The van der Waals surface area contributed by atoms with Gasteiger partial charge < -0.3 is 14.1 Å². The molecule has 4 nitrogen and oxygen atoms in total. The van der Waals surface area contributed by atoms with Crippen LogP contribution in [0.5, 0.6) is 0 Å². The maximum Gasteiger partial charge on any atom is 0.254 e. The van der Waals surface area contributed by atoms with E-state index < -0.39 is 8.32 Å². The number of amides is 1. The standard InChI is InChI=1S/C18H28BrNO3Si/c1-18(2,3)24(4,5)23-13-15-12-14(6-7-16(15)19)17(21)20-8-10-22-11-9-20/h6-7,12H,8-11,13H2,1-5H3. The van der Waals surface area contributed by atoms with Crippen LogP contribution >= 0.6 is 15.9 Å². The molecular formula is C18H28BrNO3Si. The van der Waals surface area contributed by atoms with Gasteiger partial charge >= 0.3 is 0 Å². The number of halogens is 1. The molecule has 0 saturated carbocycles. The summed E-state index contributed by atoms with van der Waals surface area (Å²) in [6, 6.07) is 5.77. The lowest BCUT2D eigenvalue weighted by Gasteiger charge is -2.36. The summed E-state index contributed by atoms with van der Waals surface area (Å²) >= 11 is 3.58. The van der Waals surface area contributed by atoms with E-state index in [1.54, 1.807) is 0 Å². The van der Waals surface area contributed by atoms with Crippen LogP contribution < -0.4 is 0 Å². The third kappa shape index (κ3) is 4.68. The van der Waals surface area contributed by atoms with Crippen molar-refractivity contribution in [2.45, 2.75) is 45.5 Å². The highest BCUT2D eigenvalue weighted by atomic mass is 79.9. The van der Waals surface area contributed by atoms with Crippen LogP contribution in [0.15, 0.2) is 22.7 Å². The Labute approximate surface area is 154 Å². The molecule has 1 aliphatic rings. The molecule has 24 heavy (non-hydrogen) atoms. The van der Waals surface area contributed by atoms with Gasteiger partial charge in [-0.2, -0.15) is 0 Å². The number of rotatable bonds is 4. The number of hydrogen-bond donors (Lipinski definition) is 0. The van der Waals surface area contributed by atoms with Crippen molar-refractivity contribution >= 4 is 30.2 Å². The minimum Gasteiger partial charge on any atom is -0.413 e. The maximum atomic E-state index is 12.6. The Bertz CT molecular complexity index is 592. The van der Waals surface area contributed by atoms with Crippen LogP contribution in [-0.2, 0) is 15.8 Å². The smallest absolute Gasteiger partial charge is 0.254 e. The maximum absolute atomic E-state index is 12.6. The van der Waals surface area contributed by atoms with E-state index in [4.69, 9.17) is 9.16 Å². The summed E-state index contributed by atoms with van der Waals surface area (Å²) in [6.45, 7) is 14.2. The molecular weight excluding hydrogens is 386 g/mol. The second-order valence-corrected chi connectivity index (χ2v) is 13.4. The number of carbonyl (C=O) groups is 1. The first-order valence-corrected chi connectivity index (χ1v) is 12.1. The number of nitrogens with zero attached hydrogens (tertiary/aromatic N) is 1. The Balaban J connectivity index is 2.12. The van der Waals surface area contributed by atoms with Crippen LogP contribution in [0.1, 0.15) is 36.7 Å². The van der Waals surface area contributed by atoms with E-state index in [1.165, 1.54) is 0 Å². The fourth-order valence-electron chi connectivity index (χ4n) is 2.24. The molecule has 6 heteroatoms. The van der Waals surface area contributed by atoms with Gasteiger partial charge in [-0.15, -0.1) is 0 Å². The van der Waals surface area contributed by atoms with Crippen LogP contribution in [0.2, 0.25) is 18.1 Å². The Morgan fingerprint density at radius 1 is 1.29 bits per heavy atom. The van der Waals surface area contributed by atoms with Crippen molar-refractivity contribution < 1.29 is 14.0 Å². The molecule has 0 aliphatic carbocycles. The lowest BCUT2D eigenvalue weighted by Crippen LogP contribution is -2.41. The van der Waals surface area contributed by atoms with Gasteiger partial charge in [0.15, 0.2) is 8.32 Å². The molecule has 0 N–H and O–H groups in total. The van der Waals surface area contributed by atoms with E-state index in [9.17, 15) is 4.79 Å². The summed E-state index contributed by atoms with van der Waals surface area (Å²) in [5.41, 5.74) is 1.74. The van der Waals surface area contributed by atoms with Gasteiger partial charge in [-0.1, -0.05) is 36.7 Å². The summed E-state index contributed by atoms with van der Waals surface area (Å²) in [5.74, 6) is 0.0689. The molecule has 2 rings (SSSR count). The molecule has 1 aromatic carbocycles. The van der Waals surface area contributed by atoms with Crippen molar-refractivity contribution in [1.29, 1.82) is 0 Å². The topological polar surface area (TPSA) is 38.8 Å². The summed E-state index contributed by atoms with van der Waals surface area (Å²) in [7, 11) is -1.82. The zero-order chi connectivity index (χ0) is 18.0. The lowest BCUT2D eigenvalue weighted by atomic mass is 10.1. The molecule has 1 fully saturated rings. The van der Waals surface area contributed by atoms with Crippen LogP contribution in [0.3, 0.4) is 0 Å². The molecule has 1 aromatic rings. The van der Waals surface area contributed by atoms with Gasteiger partial charge in [0, 0.05) is 23.1 Å². The van der Waals surface area contributed by atoms with Crippen molar-refractivity contribution in [3.8, 4) is 0 Å². The average molecular weight is 414 g/mol. The molecule has 0 atom stereocenters. The first-order chi connectivity index (χ1) is 11.1. The van der Waals surface area contributed by atoms with Crippen LogP contribution in [0.4, 0.5) is 0 Å². The van der Waals surface area contributed by atoms with Crippen molar-refractivity contribution in [2.24, 2.45) is 0 Å². The molecule has 1 heterocycles. The summed E-state index contributed by atoms with van der Waals surface area (Å²) in [4.78, 5) is 14.5. The molecule has 0 radical (unpaired) electrons. The minimum atomic E-state index is -1.82. The van der Waals surface area contributed by atoms with E-state index in [2.05, 4.69) is 49.8 Å². The van der Waals surface area contributed by atoms with Gasteiger partial charge in [0.05, 0.1) is 19.8 Å². The normalized spacial score (nSPS) is 16.3. The number of hydrogen-bond acceptors (Lipinski definition) is 3. The molecule has 0 bridgehead atoms. The number of benzene rings is 1. The number of morpholine rings is 1. The Morgan fingerprint density at radius 2 is 1.92 bits per heavy atom. The third-order valence-electron chi connectivity index (χ3n) is 4.99. The van der Waals surface area contributed by atoms with Crippen LogP contribution in [-0.4, -0.2) is 45.4 Å². The van der Waals surface area contributed by atoms with E-state index in [-0.39, 0.29) is 10.9 Å². The van der Waals surface area contributed by atoms with E-state index in [0.717, 1.165) is 10.0 Å². The zero-order valence-corrected chi connectivity index (χ0v) is 17.9. The van der Waals surface area contributed by atoms with Crippen molar-refractivity contribution in [3.05, 3.63) is 33.8 Å². The predicted molar refractivity (Wildman–Crippen MR) is 103 cm³/mol. The van der Waals surface area contributed by atoms with Crippen LogP contribution in [0.25, 0.3) is 0 Å². The summed E-state index contributed by atoms with van der Waals surface area (Å²) < 4.78 is 12.6. The monoisotopic (exact) mass is 413 g/mol. The fourth-order valence-corrected chi connectivity index (χ4v) is 3.55. The molecule has 0 spiro atoms. The van der Waals surface area contributed by atoms with Crippen molar-refractivity contribution in [2.75, 3.05) is 26.3 Å². The third-order valence-corrected chi connectivity index (χ3v) is 10.2. The Morgan fingerprint density at radius 3 is 2.50 bits per heavy atom. The minimum absolute atomic E-state index is 0.0689. The van der Waals surface area contributed by atoms with Gasteiger partial charge in [-0.3, -0.25) is 4.79 Å². The van der Waals surface area contributed by atoms with Gasteiger partial charge in [-0.25, -0.2) is 0 Å². The molecule has 1 saturated heterocycles. The Hall–Kier alpha value is -0.693. The highest BCUT2D eigenvalue weighted by Crippen LogP contribution is 2.37. The molecule has 1 amide bonds. The van der Waals surface area contributed by atoms with Crippen molar-refractivity contribution in [1.82, 2.24) is 4.90 Å². The van der Waals surface area contributed by atoms with E-state index >= 15 is 0 Å². The molecule has 0 unspecified atom stereocenters. The van der Waals surface area contributed by atoms with Gasteiger partial charge in [0.25, 0.3) is 5.91 Å². The average Bonchev–Trinajstić information content (AvgIpc) is 2.53. The SMILES string of the molecule is CC(C)(C)[Si](C)(C)OCc1cc(C(=O)N2CCOCC2)ccc1Br. The van der Waals surface area contributed by atoms with Gasteiger partial charge in [-0.05, 0) is 41.9 Å². The highest BCUT2D eigenvalue weighted by molar-refractivity contribution is 9.10. The van der Waals surface area contributed by atoms with Gasteiger partial charge in [0.2, 0.25) is 0 Å². The zero-order valence-electron chi connectivity index (χ0n) is 15.3. The van der Waals surface area contributed by atoms with Crippen molar-refractivity contribution in [3.63, 3.8) is 0 Å². The van der Waals surface area contributed by atoms with Crippen LogP contribution in [0, 0.1) is 0 Å². The Kier molecular flexibility index (Phi) is 6.28. The van der Waals surface area contributed by atoms with Gasteiger partial charge in [0.1, 0.15) is 0 Å². The highest BCUT2D eigenvalue weighted by Gasteiger charge is 2.37. The summed E-state index contributed by atoms with van der Waals surface area (Å²) in [5, 5.41) is 0.167. The fraction of sp³-hybridized carbons (Fsp3) is 0.611. The quantitative estimate of drug-likeness (QED) is 0.684. The predicted octanol–water partition coefficient (Wildman–Crippen LogP) is 4.44. The lowest BCUT2D eigenvalue weighted by molar-refractivity contribution is 0.0303. The first-order valence-electron chi connectivity index (χ1n) is 8.41. The van der Waals surface area contributed by atoms with E-state index in [1.807, 2.05) is 23.1 Å². The molecule has 1 aliphatic heterocycles. The molecule has 134 valence electrons. The largest absolute Gasteiger partial charge is 0.413 e. The van der Waals surface area contributed by atoms with E-state index in [0.29, 0.717) is 38.5 Å². The number of carbonyl (C=O) groups excluding carboxylic acids is 1. The second-order valence-electron chi connectivity index (χ2n) is 7.76. The molecule has 0 aromatic heterocycles. The number of ether oxygens (including phenoxy) is 1.